The topological polar surface area (TPSA) is 92.5 Å². The summed E-state index contributed by atoms with van der Waals surface area (Å²) < 4.78 is 27.7. The van der Waals surface area contributed by atoms with Gasteiger partial charge in [0, 0.05) is 19.2 Å². The summed E-state index contributed by atoms with van der Waals surface area (Å²) in [7, 11) is -2.01. The molecule has 2 rings (SSSR count). The van der Waals surface area contributed by atoms with Crippen LogP contribution in [-0.2, 0) is 10.0 Å². The van der Waals surface area contributed by atoms with Crippen LogP contribution in [0, 0.1) is 12.3 Å². The first kappa shape index (κ1) is 23.9. The maximum absolute atomic E-state index is 12.6. The number of aryl methyl sites for hydroxylation is 1. The molecule has 0 aliphatic rings. The van der Waals surface area contributed by atoms with Crippen molar-refractivity contribution in [1.29, 1.82) is 0 Å². The van der Waals surface area contributed by atoms with Crippen molar-refractivity contribution < 1.29 is 13.2 Å². The van der Waals surface area contributed by atoms with Gasteiger partial charge in [-0.05, 0) is 54.8 Å². The Morgan fingerprint density at radius 3 is 2.21 bits per heavy atom. The van der Waals surface area contributed by atoms with E-state index >= 15 is 0 Å². The highest BCUT2D eigenvalue weighted by Gasteiger charge is 2.22. The number of para-hydroxylation sites is 1. The smallest absolute Gasteiger partial charge is 0.261 e. The zero-order valence-corrected chi connectivity index (χ0v) is 18.2. The second-order valence-electron chi connectivity index (χ2n) is 7.47. The van der Waals surface area contributed by atoms with Gasteiger partial charge in [-0.3, -0.25) is 9.52 Å². The number of carbonyl (C=O) groups is 1. The number of nitrogens with two attached hydrogens (primary N) is 1. The van der Waals surface area contributed by atoms with E-state index in [4.69, 9.17) is 5.73 Å². The number of rotatable bonds is 7. The Hall–Kier alpha value is -2.09. The Kier molecular flexibility index (Phi) is 8.05. The van der Waals surface area contributed by atoms with E-state index in [1.165, 1.54) is 24.3 Å². The average Bonchev–Trinajstić information content (AvgIpc) is 2.62. The molecule has 1 amide bonds. The largest absolute Gasteiger partial charge is 0.341 e. The van der Waals surface area contributed by atoms with Crippen molar-refractivity contribution in [2.75, 3.05) is 24.9 Å². The van der Waals surface area contributed by atoms with Crippen LogP contribution in [0.15, 0.2) is 53.4 Å². The number of anilines is 1. The summed E-state index contributed by atoms with van der Waals surface area (Å²) in [4.78, 5) is 14.3. The van der Waals surface area contributed by atoms with E-state index in [0.717, 1.165) is 5.56 Å². The minimum absolute atomic E-state index is 0. The third kappa shape index (κ3) is 5.95. The van der Waals surface area contributed by atoms with Crippen LogP contribution in [0.4, 0.5) is 5.69 Å². The van der Waals surface area contributed by atoms with Crippen molar-refractivity contribution in [2.24, 2.45) is 11.1 Å². The van der Waals surface area contributed by atoms with E-state index in [-0.39, 0.29) is 28.6 Å². The van der Waals surface area contributed by atoms with Gasteiger partial charge in [0.05, 0.1) is 10.6 Å². The fourth-order valence-corrected chi connectivity index (χ4v) is 3.80. The molecule has 2 aromatic rings. The molecule has 0 fully saturated rings. The molecule has 0 aromatic heterocycles. The van der Waals surface area contributed by atoms with Crippen LogP contribution in [-0.4, -0.2) is 39.4 Å². The average molecular weight is 426 g/mol. The molecule has 2 aromatic carbocycles. The zero-order valence-electron chi connectivity index (χ0n) is 16.6. The molecule has 0 bridgehead atoms. The van der Waals surface area contributed by atoms with E-state index < -0.39 is 10.0 Å². The van der Waals surface area contributed by atoms with Crippen LogP contribution >= 0.6 is 12.4 Å². The summed E-state index contributed by atoms with van der Waals surface area (Å²) in [6, 6.07) is 13.1. The van der Waals surface area contributed by atoms with Gasteiger partial charge in [0.2, 0.25) is 0 Å². The van der Waals surface area contributed by atoms with E-state index in [0.29, 0.717) is 24.3 Å². The van der Waals surface area contributed by atoms with Crippen molar-refractivity contribution in [3.63, 3.8) is 0 Å². The lowest BCUT2D eigenvalue weighted by atomic mass is 9.93. The lowest BCUT2D eigenvalue weighted by Crippen LogP contribution is -2.39. The summed E-state index contributed by atoms with van der Waals surface area (Å²) in [6.45, 7) is 6.79. The highest BCUT2D eigenvalue weighted by Crippen LogP contribution is 2.20. The molecule has 8 heteroatoms. The Labute approximate surface area is 173 Å². The highest BCUT2D eigenvalue weighted by atomic mass is 35.5. The number of benzene rings is 2. The van der Waals surface area contributed by atoms with Crippen LogP contribution in [0.2, 0.25) is 0 Å². The van der Waals surface area contributed by atoms with Gasteiger partial charge >= 0.3 is 0 Å². The summed E-state index contributed by atoms with van der Waals surface area (Å²) in [6.07, 6.45) is 0. The summed E-state index contributed by atoms with van der Waals surface area (Å²) in [5.74, 6) is -0.174. The predicted molar refractivity (Wildman–Crippen MR) is 115 cm³/mol. The van der Waals surface area contributed by atoms with Gasteiger partial charge in [-0.2, -0.15) is 0 Å². The maximum Gasteiger partial charge on any atom is 0.261 e. The first-order chi connectivity index (χ1) is 12.6. The Bertz CT molecular complexity index is 913. The van der Waals surface area contributed by atoms with Crippen molar-refractivity contribution in [3.05, 3.63) is 59.7 Å². The van der Waals surface area contributed by atoms with Gasteiger partial charge in [0.25, 0.3) is 15.9 Å². The van der Waals surface area contributed by atoms with Crippen molar-refractivity contribution in [2.45, 2.75) is 25.7 Å². The van der Waals surface area contributed by atoms with Crippen LogP contribution in [0.3, 0.4) is 0 Å². The van der Waals surface area contributed by atoms with Crippen molar-refractivity contribution in [1.82, 2.24) is 4.90 Å². The molecular formula is C20H28ClN3O3S. The fourth-order valence-electron chi connectivity index (χ4n) is 2.67. The van der Waals surface area contributed by atoms with E-state index in [1.807, 2.05) is 32.9 Å². The second kappa shape index (κ2) is 9.41. The number of nitrogens with zero attached hydrogens (tertiary/aromatic N) is 1. The molecule has 0 spiro atoms. The van der Waals surface area contributed by atoms with Gasteiger partial charge < -0.3 is 10.6 Å². The molecule has 0 unspecified atom stereocenters. The molecule has 0 saturated heterocycles. The molecule has 3 N–H and O–H groups in total. The Morgan fingerprint density at radius 1 is 1.11 bits per heavy atom. The van der Waals surface area contributed by atoms with Crippen molar-refractivity contribution >= 4 is 34.0 Å². The molecule has 0 aliphatic heterocycles. The SMILES string of the molecule is Cc1ccccc1NS(=O)(=O)c1ccc(C(=O)N(C)CC(C)(C)CN)cc1.Cl. The highest BCUT2D eigenvalue weighted by molar-refractivity contribution is 7.92. The third-order valence-electron chi connectivity index (χ3n) is 4.37. The van der Waals surface area contributed by atoms with Gasteiger partial charge in [0.15, 0.2) is 0 Å². The van der Waals surface area contributed by atoms with Gasteiger partial charge in [-0.25, -0.2) is 8.42 Å². The number of carbonyl (C=O) groups excluding carboxylic acids is 1. The molecular weight excluding hydrogens is 398 g/mol. The van der Waals surface area contributed by atoms with Crippen LogP contribution in [0.25, 0.3) is 0 Å². The first-order valence-corrected chi connectivity index (χ1v) is 10.2. The number of sulfonamides is 1. The summed E-state index contributed by atoms with van der Waals surface area (Å²) in [5, 5.41) is 0. The molecule has 6 nitrogen and oxygen atoms in total. The van der Waals surface area contributed by atoms with Crippen molar-refractivity contribution in [3.8, 4) is 0 Å². The molecule has 0 atom stereocenters. The van der Waals surface area contributed by atoms with Crippen LogP contribution in [0.5, 0.6) is 0 Å². The van der Waals surface area contributed by atoms with Gasteiger partial charge in [-0.15, -0.1) is 12.4 Å². The molecule has 28 heavy (non-hydrogen) atoms. The Morgan fingerprint density at radius 2 is 1.68 bits per heavy atom. The summed E-state index contributed by atoms with van der Waals surface area (Å²) in [5.41, 5.74) is 7.32. The molecule has 0 radical (unpaired) electrons. The second-order valence-corrected chi connectivity index (χ2v) is 9.16. The normalized spacial score (nSPS) is 11.5. The van der Waals surface area contributed by atoms with Crippen LogP contribution in [0.1, 0.15) is 29.8 Å². The molecule has 154 valence electrons. The minimum atomic E-state index is -3.72. The lowest BCUT2D eigenvalue weighted by Gasteiger charge is -2.29. The number of halogens is 1. The first-order valence-electron chi connectivity index (χ1n) is 8.70. The summed E-state index contributed by atoms with van der Waals surface area (Å²) >= 11 is 0. The molecule has 0 saturated carbocycles. The van der Waals surface area contributed by atoms with Gasteiger partial charge in [0.1, 0.15) is 0 Å². The predicted octanol–water partition coefficient (Wildman–Crippen LogP) is 3.27. The van der Waals surface area contributed by atoms with Gasteiger partial charge in [-0.1, -0.05) is 32.0 Å². The lowest BCUT2D eigenvalue weighted by molar-refractivity contribution is 0.0740. The number of amides is 1. The quantitative estimate of drug-likeness (QED) is 0.711. The van der Waals surface area contributed by atoms with Crippen LogP contribution < -0.4 is 10.5 Å². The minimum Gasteiger partial charge on any atom is -0.341 e. The fraction of sp³-hybridized carbons (Fsp3) is 0.350. The van der Waals surface area contributed by atoms with E-state index in [2.05, 4.69) is 4.72 Å². The number of nitrogens with one attached hydrogen (secondary N) is 1. The molecule has 0 aliphatic carbocycles. The maximum atomic E-state index is 12.6. The number of hydrogen-bond acceptors (Lipinski definition) is 4. The van der Waals surface area contributed by atoms with E-state index in [9.17, 15) is 13.2 Å². The third-order valence-corrected chi connectivity index (χ3v) is 5.75. The Balaban J connectivity index is 0.00000392. The monoisotopic (exact) mass is 425 g/mol. The zero-order chi connectivity index (χ0) is 20.2. The molecule has 0 heterocycles. The number of hydrogen-bond donors (Lipinski definition) is 2. The van der Waals surface area contributed by atoms with E-state index in [1.54, 1.807) is 24.1 Å². The standard InChI is InChI=1S/C20H27N3O3S.ClH/c1-15-7-5-6-8-18(15)22-27(25,26)17-11-9-16(10-12-17)19(24)23(4)14-20(2,3)13-21;/h5-12,22H,13-14,21H2,1-4H3;1H.